The highest BCUT2D eigenvalue weighted by atomic mass is 16.5. The first-order valence-electron chi connectivity index (χ1n) is 24.3. The Balaban J connectivity index is 3.54. The monoisotopic (exact) mass is 788 g/mol. The third-order valence-corrected chi connectivity index (χ3v) is 10.9. The van der Waals surface area contributed by atoms with Gasteiger partial charge >= 0.3 is 5.97 Å². The maximum absolute atomic E-state index is 12.4. The minimum absolute atomic E-state index is 0.0217. The van der Waals surface area contributed by atoms with Crippen LogP contribution in [0.25, 0.3) is 0 Å². The van der Waals surface area contributed by atoms with Crippen LogP contribution in [0.5, 0.6) is 0 Å². The lowest BCUT2D eigenvalue weighted by atomic mass is 10.0. The van der Waals surface area contributed by atoms with Crippen LogP contribution in [-0.2, 0) is 14.3 Å². The van der Waals surface area contributed by atoms with Crippen molar-refractivity contribution in [3.63, 3.8) is 0 Å². The van der Waals surface area contributed by atoms with Gasteiger partial charge in [-0.1, -0.05) is 204 Å². The van der Waals surface area contributed by atoms with E-state index in [1.54, 1.807) is 6.08 Å². The molecule has 0 aromatic heterocycles. The molecule has 0 spiro atoms. The summed E-state index contributed by atoms with van der Waals surface area (Å²) in [7, 11) is 0. The molecule has 0 aliphatic heterocycles. The molecule has 0 saturated heterocycles. The van der Waals surface area contributed by atoms with Crippen LogP contribution in [0.15, 0.2) is 36.5 Å². The topological polar surface area (TPSA) is 95.9 Å². The Labute approximate surface area is 347 Å². The van der Waals surface area contributed by atoms with Crippen molar-refractivity contribution in [2.45, 2.75) is 257 Å². The second kappa shape index (κ2) is 45.8. The summed E-state index contributed by atoms with van der Waals surface area (Å²) < 4.78 is 5.43. The smallest absolute Gasteiger partial charge is 0.305 e. The summed E-state index contributed by atoms with van der Waals surface area (Å²) in [6.45, 7) is 4.81. The minimum atomic E-state index is -0.856. The molecule has 0 aromatic rings. The maximum atomic E-state index is 12.4. The summed E-state index contributed by atoms with van der Waals surface area (Å²) in [5.41, 5.74) is 0. The van der Waals surface area contributed by atoms with Crippen molar-refractivity contribution in [2.75, 3.05) is 13.2 Å². The molecule has 0 saturated carbocycles. The van der Waals surface area contributed by atoms with Crippen LogP contribution in [0.1, 0.15) is 245 Å². The zero-order chi connectivity index (χ0) is 40.8. The first-order valence-corrected chi connectivity index (χ1v) is 24.3. The van der Waals surface area contributed by atoms with Crippen LogP contribution in [0.3, 0.4) is 0 Å². The summed E-state index contributed by atoms with van der Waals surface area (Å²) in [5, 5.41) is 22.9. The van der Waals surface area contributed by atoms with E-state index in [4.69, 9.17) is 4.74 Å². The summed E-state index contributed by atoms with van der Waals surface area (Å²) in [5.74, 6) is -0.115. The molecule has 0 aliphatic carbocycles. The average molecular weight is 788 g/mol. The van der Waals surface area contributed by atoms with Crippen LogP contribution in [0, 0.1) is 0 Å². The molecule has 0 rings (SSSR count). The molecule has 0 radical (unpaired) electrons. The molecule has 328 valence electrons. The lowest BCUT2D eigenvalue weighted by Crippen LogP contribution is -2.45. The van der Waals surface area contributed by atoms with Crippen molar-refractivity contribution >= 4 is 11.9 Å². The van der Waals surface area contributed by atoms with Gasteiger partial charge < -0.3 is 20.3 Å². The molecule has 0 bridgehead atoms. The molecule has 6 nitrogen and oxygen atoms in total. The standard InChI is InChI=1S/C50H93NO5/c1-3-5-7-9-11-13-15-16-21-24-28-32-36-40-44-50(55)56-45-41-37-33-29-25-22-19-17-18-20-23-27-31-35-39-43-49(54)51-47(46-52)48(53)42-38-34-30-26-14-12-10-8-6-4-2/h17,19,22,25,38,42,47-48,52-53H,3-16,18,20-21,23-24,26-37,39-41,43-46H2,1-2H3,(H,51,54)/b19-17-,25-22-,42-38+. The van der Waals surface area contributed by atoms with Gasteiger partial charge in [-0.3, -0.25) is 9.59 Å². The third-order valence-electron chi connectivity index (χ3n) is 10.9. The summed E-state index contributed by atoms with van der Waals surface area (Å²) in [4.78, 5) is 24.3. The van der Waals surface area contributed by atoms with Crippen molar-refractivity contribution < 1.29 is 24.5 Å². The lowest BCUT2D eigenvalue weighted by Gasteiger charge is -2.20. The quantitative estimate of drug-likeness (QED) is 0.0247. The minimum Gasteiger partial charge on any atom is -0.466 e. The van der Waals surface area contributed by atoms with E-state index in [1.165, 1.54) is 141 Å². The fraction of sp³-hybridized carbons (Fsp3) is 0.840. The van der Waals surface area contributed by atoms with Gasteiger partial charge in [0.2, 0.25) is 5.91 Å². The molecule has 56 heavy (non-hydrogen) atoms. The Bertz CT molecular complexity index is 915. The summed E-state index contributed by atoms with van der Waals surface area (Å²) >= 11 is 0. The van der Waals surface area contributed by atoms with E-state index in [9.17, 15) is 19.8 Å². The van der Waals surface area contributed by atoms with Crippen LogP contribution in [0.4, 0.5) is 0 Å². The Hall–Kier alpha value is -1.92. The molecular formula is C50H93NO5. The van der Waals surface area contributed by atoms with Gasteiger partial charge in [-0.05, 0) is 64.2 Å². The van der Waals surface area contributed by atoms with E-state index < -0.39 is 12.1 Å². The molecule has 6 heteroatoms. The highest BCUT2D eigenvalue weighted by molar-refractivity contribution is 5.76. The fourth-order valence-electron chi connectivity index (χ4n) is 7.15. The van der Waals surface area contributed by atoms with E-state index in [-0.39, 0.29) is 18.5 Å². The number of unbranched alkanes of at least 4 members (excludes halogenated alkanes) is 30. The number of aliphatic hydroxyl groups excluding tert-OH is 2. The largest absolute Gasteiger partial charge is 0.466 e. The van der Waals surface area contributed by atoms with E-state index >= 15 is 0 Å². The van der Waals surface area contributed by atoms with Gasteiger partial charge in [0.15, 0.2) is 0 Å². The van der Waals surface area contributed by atoms with Crippen LogP contribution in [0.2, 0.25) is 0 Å². The van der Waals surface area contributed by atoms with Crippen molar-refractivity contribution in [1.29, 1.82) is 0 Å². The first-order chi connectivity index (χ1) is 27.5. The lowest BCUT2D eigenvalue weighted by molar-refractivity contribution is -0.143. The van der Waals surface area contributed by atoms with Crippen molar-refractivity contribution in [2.24, 2.45) is 0 Å². The van der Waals surface area contributed by atoms with Crippen LogP contribution in [-0.4, -0.2) is 47.4 Å². The van der Waals surface area contributed by atoms with Gasteiger partial charge in [0.1, 0.15) is 0 Å². The van der Waals surface area contributed by atoms with E-state index in [0.717, 1.165) is 77.0 Å². The number of esters is 1. The number of carbonyl (C=O) groups is 2. The molecular weight excluding hydrogens is 695 g/mol. The van der Waals surface area contributed by atoms with Gasteiger partial charge in [-0.2, -0.15) is 0 Å². The predicted octanol–water partition coefficient (Wildman–Crippen LogP) is 14.1. The average Bonchev–Trinajstić information content (AvgIpc) is 3.20. The molecule has 0 aliphatic rings. The van der Waals surface area contributed by atoms with Gasteiger partial charge in [0, 0.05) is 12.8 Å². The number of carbonyl (C=O) groups excluding carboxylic acids is 2. The van der Waals surface area contributed by atoms with Crippen molar-refractivity contribution in [3.8, 4) is 0 Å². The van der Waals surface area contributed by atoms with Crippen LogP contribution < -0.4 is 5.32 Å². The number of ether oxygens (including phenoxy) is 1. The second-order valence-electron chi connectivity index (χ2n) is 16.5. The van der Waals surface area contributed by atoms with Crippen molar-refractivity contribution in [1.82, 2.24) is 5.32 Å². The Morgan fingerprint density at radius 1 is 0.500 bits per heavy atom. The zero-order valence-electron chi connectivity index (χ0n) is 37.1. The number of hydrogen-bond acceptors (Lipinski definition) is 5. The highest BCUT2D eigenvalue weighted by Crippen LogP contribution is 2.15. The van der Waals surface area contributed by atoms with E-state index in [1.807, 2.05) is 6.08 Å². The summed E-state index contributed by atoms with van der Waals surface area (Å²) in [6, 6.07) is -0.642. The highest BCUT2D eigenvalue weighted by Gasteiger charge is 2.18. The summed E-state index contributed by atoms with van der Waals surface area (Å²) in [6.07, 6.45) is 54.3. The number of rotatable bonds is 44. The van der Waals surface area contributed by atoms with Gasteiger partial charge in [0.05, 0.1) is 25.4 Å². The molecule has 2 atom stereocenters. The SMILES string of the molecule is CCCCCCCCCC/C=C/C(O)C(CO)NC(=O)CCCCCCCC/C=C\C=C/CCCCCOC(=O)CCCCCCCCCCCCCCCC. The Morgan fingerprint density at radius 2 is 0.875 bits per heavy atom. The normalized spacial score (nSPS) is 13.0. The Kier molecular flexibility index (Phi) is 44.2. The van der Waals surface area contributed by atoms with Crippen LogP contribution >= 0.6 is 0 Å². The molecule has 0 fully saturated rings. The second-order valence-corrected chi connectivity index (χ2v) is 16.5. The number of nitrogens with one attached hydrogen (secondary N) is 1. The molecule has 0 heterocycles. The first kappa shape index (κ1) is 54.1. The zero-order valence-corrected chi connectivity index (χ0v) is 37.1. The predicted molar refractivity (Wildman–Crippen MR) is 241 cm³/mol. The Morgan fingerprint density at radius 3 is 1.32 bits per heavy atom. The number of aliphatic hydroxyl groups is 2. The van der Waals surface area contributed by atoms with E-state index in [2.05, 4.69) is 43.5 Å². The van der Waals surface area contributed by atoms with Gasteiger partial charge in [0.25, 0.3) is 0 Å². The number of allylic oxidation sites excluding steroid dienone is 5. The molecule has 3 N–H and O–H groups in total. The number of hydrogen-bond donors (Lipinski definition) is 3. The molecule has 0 aromatic carbocycles. The van der Waals surface area contributed by atoms with Gasteiger partial charge in [-0.15, -0.1) is 0 Å². The van der Waals surface area contributed by atoms with Gasteiger partial charge in [-0.25, -0.2) is 0 Å². The van der Waals surface area contributed by atoms with E-state index in [0.29, 0.717) is 19.4 Å². The fourth-order valence-corrected chi connectivity index (χ4v) is 7.15. The van der Waals surface area contributed by atoms with Crippen molar-refractivity contribution in [3.05, 3.63) is 36.5 Å². The molecule has 1 amide bonds. The molecule has 2 unspecified atom stereocenters. The number of amides is 1. The third kappa shape index (κ3) is 41.7. The maximum Gasteiger partial charge on any atom is 0.305 e.